The number of piperidine rings is 1. The highest BCUT2D eigenvalue weighted by Crippen LogP contribution is 2.25. The van der Waals surface area contributed by atoms with Crippen molar-refractivity contribution in [2.45, 2.75) is 45.1 Å². The predicted molar refractivity (Wildman–Crippen MR) is 120 cm³/mol. The molecule has 1 saturated heterocycles. The van der Waals surface area contributed by atoms with Crippen molar-refractivity contribution in [1.29, 1.82) is 0 Å². The number of likely N-dealkylation sites (tertiary alicyclic amines) is 1. The zero-order valence-corrected chi connectivity index (χ0v) is 19.6. The molecule has 0 unspecified atom stereocenters. The first-order chi connectivity index (χ1) is 11.5. The summed E-state index contributed by atoms with van der Waals surface area (Å²) in [5.41, 5.74) is 1.35. The van der Waals surface area contributed by atoms with Crippen LogP contribution in [0, 0.1) is 0 Å². The summed E-state index contributed by atoms with van der Waals surface area (Å²) in [5.74, 6) is 0.994. The molecule has 0 aromatic heterocycles. The molecule has 0 radical (unpaired) electrons. The lowest BCUT2D eigenvalue weighted by atomic mass is 9.84. The number of nitrogens with one attached hydrogen (secondary N) is 1. The lowest BCUT2D eigenvalue weighted by Gasteiger charge is -2.35. The monoisotopic (exact) mass is 523 g/mol. The smallest absolute Gasteiger partial charge is 0.193 e. The summed E-state index contributed by atoms with van der Waals surface area (Å²) in [7, 11) is 1.86. The van der Waals surface area contributed by atoms with Gasteiger partial charge in [0.05, 0.1) is 6.10 Å². The summed E-state index contributed by atoms with van der Waals surface area (Å²) in [6.45, 7) is 10.2. The molecule has 1 aromatic rings. The molecule has 25 heavy (non-hydrogen) atoms. The highest BCUT2D eigenvalue weighted by atomic mass is 127. The third-order valence-corrected chi connectivity index (χ3v) is 5.14. The van der Waals surface area contributed by atoms with Crippen LogP contribution in [0.4, 0.5) is 0 Å². The lowest BCUT2D eigenvalue weighted by molar-refractivity contribution is 0.0263. The van der Waals surface area contributed by atoms with Crippen molar-refractivity contribution < 1.29 is 4.74 Å². The Bertz CT molecular complexity index is 557. The number of aliphatic imine (C=N–C) groups is 1. The van der Waals surface area contributed by atoms with Crippen LogP contribution in [-0.4, -0.2) is 50.3 Å². The summed E-state index contributed by atoms with van der Waals surface area (Å²) >= 11 is 3.56. The number of nitrogens with zero attached hydrogens (tertiary/aromatic N) is 2. The van der Waals surface area contributed by atoms with Crippen molar-refractivity contribution in [2.75, 3.05) is 33.3 Å². The van der Waals surface area contributed by atoms with E-state index in [1.54, 1.807) is 0 Å². The molecular formula is C19H31BrIN3O. The average molecular weight is 524 g/mol. The SMILES string of the molecule is CCOC1CCN(C(=NC)NCC(C)(C)c2cccc(Br)c2)CC1.I. The van der Waals surface area contributed by atoms with E-state index >= 15 is 0 Å². The first-order valence-electron chi connectivity index (χ1n) is 8.79. The fourth-order valence-corrected chi connectivity index (χ4v) is 3.51. The van der Waals surface area contributed by atoms with E-state index in [1.807, 2.05) is 7.05 Å². The van der Waals surface area contributed by atoms with Gasteiger partial charge in [-0.1, -0.05) is 41.9 Å². The molecule has 142 valence electrons. The minimum atomic E-state index is 0. The van der Waals surface area contributed by atoms with Crippen LogP contribution in [0.2, 0.25) is 0 Å². The zero-order valence-electron chi connectivity index (χ0n) is 15.7. The van der Waals surface area contributed by atoms with Gasteiger partial charge >= 0.3 is 0 Å². The number of hydrogen-bond donors (Lipinski definition) is 1. The standard InChI is InChI=1S/C19H30BrN3O.HI/c1-5-24-17-9-11-23(12-10-17)18(21-4)22-14-19(2,3)15-7-6-8-16(20)13-15;/h6-8,13,17H,5,9-12,14H2,1-4H3,(H,21,22);1H. The predicted octanol–water partition coefficient (Wildman–Crippen LogP) is 4.42. The Hall–Kier alpha value is -0.340. The molecule has 0 amide bonds. The average Bonchev–Trinajstić information content (AvgIpc) is 2.57. The van der Waals surface area contributed by atoms with Gasteiger partial charge < -0.3 is 15.0 Å². The molecule has 0 atom stereocenters. The highest BCUT2D eigenvalue weighted by molar-refractivity contribution is 14.0. The van der Waals surface area contributed by atoms with E-state index < -0.39 is 0 Å². The first-order valence-corrected chi connectivity index (χ1v) is 9.59. The largest absolute Gasteiger partial charge is 0.378 e. The number of ether oxygens (including phenoxy) is 1. The van der Waals surface area contributed by atoms with Gasteiger partial charge in [-0.2, -0.15) is 0 Å². The third kappa shape index (κ3) is 6.71. The molecule has 1 heterocycles. The van der Waals surface area contributed by atoms with Gasteiger partial charge in [0.25, 0.3) is 0 Å². The highest BCUT2D eigenvalue weighted by Gasteiger charge is 2.25. The van der Waals surface area contributed by atoms with Crippen molar-refractivity contribution in [3.05, 3.63) is 34.3 Å². The van der Waals surface area contributed by atoms with Gasteiger partial charge in [0, 0.05) is 43.2 Å². The second-order valence-electron chi connectivity index (χ2n) is 6.94. The van der Waals surface area contributed by atoms with Gasteiger partial charge in [0.15, 0.2) is 5.96 Å². The second kappa shape index (κ2) is 10.7. The van der Waals surface area contributed by atoms with Gasteiger partial charge in [0.2, 0.25) is 0 Å². The first kappa shape index (κ1) is 22.7. The Morgan fingerprint density at radius 2 is 2.04 bits per heavy atom. The van der Waals surface area contributed by atoms with Crippen molar-refractivity contribution in [3.8, 4) is 0 Å². The minimum Gasteiger partial charge on any atom is -0.378 e. The summed E-state index contributed by atoms with van der Waals surface area (Å²) in [5, 5.41) is 3.56. The Kier molecular flexibility index (Phi) is 9.74. The van der Waals surface area contributed by atoms with Crippen LogP contribution in [0.25, 0.3) is 0 Å². The molecule has 0 saturated carbocycles. The number of halogens is 2. The molecular weight excluding hydrogens is 493 g/mol. The summed E-state index contributed by atoms with van der Waals surface area (Å²) in [6, 6.07) is 8.53. The fraction of sp³-hybridized carbons (Fsp3) is 0.632. The lowest BCUT2D eigenvalue weighted by Crippen LogP contribution is -2.49. The number of hydrogen-bond acceptors (Lipinski definition) is 2. The number of benzene rings is 1. The quantitative estimate of drug-likeness (QED) is 0.352. The molecule has 1 N–H and O–H groups in total. The maximum Gasteiger partial charge on any atom is 0.193 e. The number of guanidine groups is 1. The molecule has 0 bridgehead atoms. The van der Waals surface area contributed by atoms with E-state index in [0.29, 0.717) is 6.10 Å². The van der Waals surface area contributed by atoms with Gasteiger partial charge in [-0.25, -0.2) is 0 Å². The molecule has 0 spiro atoms. The Balaban J connectivity index is 0.00000312. The molecule has 1 aliphatic heterocycles. The van der Waals surface area contributed by atoms with Crippen LogP contribution < -0.4 is 5.32 Å². The molecule has 2 rings (SSSR count). The fourth-order valence-electron chi connectivity index (χ4n) is 3.11. The maximum absolute atomic E-state index is 5.74. The topological polar surface area (TPSA) is 36.9 Å². The molecule has 0 aliphatic carbocycles. The summed E-state index contributed by atoms with van der Waals surface area (Å²) in [6.07, 6.45) is 2.55. The van der Waals surface area contributed by atoms with E-state index in [2.05, 4.69) is 76.2 Å². The van der Waals surface area contributed by atoms with Gasteiger partial charge in [-0.15, -0.1) is 24.0 Å². The van der Waals surface area contributed by atoms with Crippen molar-refractivity contribution in [3.63, 3.8) is 0 Å². The molecule has 4 nitrogen and oxygen atoms in total. The normalized spacial score (nSPS) is 16.5. The van der Waals surface area contributed by atoms with Crippen LogP contribution in [0.3, 0.4) is 0 Å². The van der Waals surface area contributed by atoms with Crippen LogP contribution in [0.15, 0.2) is 33.7 Å². The zero-order chi connectivity index (χ0) is 17.6. The maximum atomic E-state index is 5.74. The van der Waals surface area contributed by atoms with Gasteiger partial charge in [-0.05, 0) is 37.5 Å². The van der Waals surface area contributed by atoms with E-state index in [4.69, 9.17) is 4.74 Å². The van der Waals surface area contributed by atoms with Crippen LogP contribution in [0.1, 0.15) is 39.2 Å². The van der Waals surface area contributed by atoms with Crippen LogP contribution in [0.5, 0.6) is 0 Å². The van der Waals surface area contributed by atoms with Crippen LogP contribution in [-0.2, 0) is 10.2 Å². The molecule has 1 aliphatic rings. The van der Waals surface area contributed by atoms with E-state index in [9.17, 15) is 0 Å². The van der Waals surface area contributed by atoms with Gasteiger partial charge in [-0.3, -0.25) is 4.99 Å². The third-order valence-electron chi connectivity index (χ3n) is 4.65. The van der Waals surface area contributed by atoms with E-state index in [1.165, 1.54) is 5.56 Å². The second-order valence-corrected chi connectivity index (χ2v) is 7.85. The Morgan fingerprint density at radius 1 is 1.36 bits per heavy atom. The van der Waals surface area contributed by atoms with Crippen molar-refractivity contribution in [2.24, 2.45) is 4.99 Å². The van der Waals surface area contributed by atoms with Crippen molar-refractivity contribution >= 4 is 45.9 Å². The summed E-state index contributed by atoms with van der Waals surface area (Å²) < 4.78 is 6.86. The Morgan fingerprint density at radius 3 is 2.60 bits per heavy atom. The summed E-state index contributed by atoms with van der Waals surface area (Å²) in [4.78, 5) is 6.82. The van der Waals surface area contributed by atoms with E-state index in [0.717, 1.165) is 49.5 Å². The molecule has 1 aromatic carbocycles. The van der Waals surface area contributed by atoms with Crippen LogP contribution >= 0.6 is 39.9 Å². The van der Waals surface area contributed by atoms with Crippen molar-refractivity contribution in [1.82, 2.24) is 10.2 Å². The van der Waals surface area contributed by atoms with Gasteiger partial charge in [0.1, 0.15) is 0 Å². The minimum absolute atomic E-state index is 0. The molecule has 6 heteroatoms. The molecule has 1 fully saturated rings. The number of rotatable bonds is 5. The van der Waals surface area contributed by atoms with E-state index in [-0.39, 0.29) is 29.4 Å². The Labute approximate surface area is 177 Å².